The Morgan fingerprint density at radius 1 is 1.53 bits per heavy atom. The molecule has 1 aromatic rings. The number of H-pyrrole nitrogens is 1. The molecular weight excluding hydrogens is 194 g/mol. The van der Waals surface area contributed by atoms with E-state index in [9.17, 15) is 9.59 Å². The maximum Gasteiger partial charge on any atom is 0.251 e. The smallest absolute Gasteiger partial charge is 0.251 e. The molecule has 2 heterocycles. The van der Waals surface area contributed by atoms with E-state index in [0.717, 1.165) is 0 Å². The Bertz CT molecular complexity index is 452. The predicted octanol–water partition coefficient (Wildman–Crippen LogP) is 0.0240. The van der Waals surface area contributed by atoms with Gasteiger partial charge in [0.2, 0.25) is 5.91 Å². The van der Waals surface area contributed by atoms with Gasteiger partial charge in [-0.2, -0.15) is 0 Å². The molecule has 1 atom stereocenters. The zero-order chi connectivity index (χ0) is 11.0. The molecule has 1 fully saturated rings. The quantitative estimate of drug-likeness (QED) is 0.706. The van der Waals surface area contributed by atoms with E-state index in [4.69, 9.17) is 0 Å². The van der Waals surface area contributed by atoms with E-state index in [1.165, 1.54) is 6.07 Å². The van der Waals surface area contributed by atoms with Crippen LogP contribution in [0.2, 0.25) is 0 Å². The lowest BCUT2D eigenvalue weighted by atomic mass is 10.0. The summed E-state index contributed by atoms with van der Waals surface area (Å²) in [5.74, 6) is 0.766. The van der Waals surface area contributed by atoms with Gasteiger partial charge in [-0.15, -0.1) is 0 Å². The number of aromatic amines is 1. The molecule has 0 spiro atoms. The van der Waals surface area contributed by atoms with Crippen LogP contribution in [0.5, 0.6) is 0 Å². The first-order valence-electron chi connectivity index (χ1n) is 4.88. The zero-order valence-electron chi connectivity index (χ0n) is 8.78. The summed E-state index contributed by atoms with van der Waals surface area (Å²) in [7, 11) is 1.77. The highest BCUT2D eigenvalue weighted by Gasteiger charge is 2.29. The Hall–Kier alpha value is -1.65. The first-order valence-corrected chi connectivity index (χ1v) is 4.88. The van der Waals surface area contributed by atoms with Crippen LogP contribution < -0.4 is 5.56 Å². The molecule has 1 N–H and O–H groups in total. The average Bonchev–Trinajstić information content (AvgIpc) is 2.45. The Labute approximate surface area is 87.1 Å². The number of nitrogens with zero attached hydrogens (tertiary/aromatic N) is 2. The number of carbonyl (C=O) groups excluding carboxylic acids is 1. The highest BCUT2D eigenvalue weighted by molar-refractivity contribution is 5.79. The number of likely N-dealkylation sites (tertiary alicyclic amines) is 1. The third kappa shape index (κ3) is 1.91. The zero-order valence-corrected chi connectivity index (χ0v) is 8.78. The molecule has 1 saturated heterocycles. The average molecular weight is 207 g/mol. The Balaban J connectivity index is 2.31. The van der Waals surface area contributed by atoms with Gasteiger partial charge in [-0.25, -0.2) is 4.98 Å². The van der Waals surface area contributed by atoms with Crippen LogP contribution in [0.15, 0.2) is 10.9 Å². The summed E-state index contributed by atoms with van der Waals surface area (Å²) in [6, 6.07) is 1.48. The van der Waals surface area contributed by atoms with Gasteiger partial charge in [-0.1, -0.05) is 0 Å². The highest BCUT2D eigenvalue weighted by Crippen LogP contribution is 2.24. The first-order chi connectivity index (χ1) is 7.06. The molecule has 0 saturated carbocycles. The molecular formula is C10H13N3O2. The molecule has 1 aliphatic heterocycles. The van der Waals surface area contributed by atoms with E-state index >= 15 is 0 Å². The fraction of sp³-hybridized carbons (Fsp3) is 0.500. The standard InChI is InChI=1S/C10H13N3O2/c1-6-11-8(4-9(14)12-6)7-3-10(15)13(2)5-7/h4,7H,3,5H2,1-2H3,(H,11,12,14). The van der Waals surface area contributed by atoms with Gasteiger partial charge >= 0.3 is 0 Å². The normalized spacial score (nSPS) is 21.1. The van der Waals surface area contributed by atoms with Crippen molar-refractivity contribution in [2.75, 3.05) is 13.6 Å². The fourth-order valence-corrected chi connectivity index (χ4v) is 1.87. The molecule has 80 valence electrons. The summed E-state index contributed by atoms with van der Waals surface area (Å²) in [4.78, 5) is 31.1. The highest BCUT2D eigenvalue weighted by atomic mass is 16.2. The molecule has 1 aromatic heterocycles. The number of hydrogen-bond acceptors (Lipinski definition) is 3. The summed E-state index contributed by atoms with van der Waals surface area (Å²) in [5, 5.41) is 0. The van der Waals surface area contributed by atoms with Crippen LogP contribution in [0.4, 0.5) is 0 Å². The molecule has 1 amide bonds. The molecule has 5 nitrogen and oxygen atoms in total. The lowest BCUT2D eigenvalue weighted by Crippen LogP contribution is -2.19. The van der Waals surface area contributed by atoms with Crippen molar-refractivity contribution in [1.82, 2.24) is 14.9 Å². The maximum absolute atomic E-state index is 11.3. The second-order valence-electron chi connectivity index (χ2n) is 3.93. The number of rotatable bonds is 1. The molecule has 1 aliphatic rings. The summed E-state index contributed by atoms with van der Waals surface area (Å²) < 4.78 is 0. The topological polar surface area (TPSA) is 66.1 Å². The van der Waals surface area contributed by atoms with Gasteiger partial charge in [0.25, 0.3) is 5.56 Å². The van der Waals surface area contributed by atoms with Crippen LogP contribution in [-0.2, 0) is 4.79 Å². The monoisotopic (exact) mass is 207 g/mol. The van der Waals surface area contributed by atoms with E-state index < -0.39 is 0 Å². The van der Waals surface area contributed by atoms with Crippen molar-refractivity contribution < 1.29 is 4.79 Å². The second-order valence-corrected chi connectivity index (χ2v) is 3.93. The van der Waals surface area contributed by atoms with E-state index in [2.05, 4.69) is 9.97 Å². The third-order valence-corrected chi connectivity index (χ3v) is 2.64. The van der Waals surface area contributed by atoms with Crippen molar-refractivity contribution in [3.8, 4) is 0 Å². The number of nitrogens with one attached hydrogen (secondary N) is 1. The predicted molar refractivity (Wildman–Crippen MR) is 54.6 cm³/mol. The molecule has 0 radical (unpaired) electrons. The molecule has 1 unspecified atom stereocenters. The molecule has 5 heteroatoms. The summed E-state index contributed by atoms with van der Waals surface area (Å²) in [6.07, 6.45) is 0.451. The number of aromatic nitrogens is 2. The van der Waals surface area contributed by atoms with Gasteiger partial charge in [-0.3, -0.25) is 9.59 Å². The van der Waals surface area contributed by atoms with Gasteiger partial charge in [0.05, 0.1) is 5.69 Å². The van der Waals surface area contributed by atoms with Gasteiger partial charge in [0.15, 0.2) is 0 Å². The minimum absolute atomic E-state index is 0.0588. The Morgan fingerprint density at radius 2 is 2.27 bits per heavy atom. The number of amides is 1. The molecule has 0 aliphatic carbocycles. The van der Waals surface area contributed by atoms with E-state index in [1.54, 1.807) is 18.9 Å². The van der Waals surface area contributed by atoms with Crippen molar-refractivity contribution in [1.29, 1.82) is 0 Å². The lowest BCUT2D eigenvalue weighted by molar-refractivity contribution is -0.126. The lowest BCUT2D eigenvalue weighted by Gasteiger charge is -2.09. The summed E-state index contributed by atoms with van der Waals surface area (Å²) in [5.41, 5.74) is 0.563. The van der Waals surface area contributed by atoms with Crippen LogP contribution >= 0.6 is 0 Å². The second kappa shape index (κ2) is 3.49. The van der Waals surface area contributed by atoms with Crippen molar-refractivity contribution >= 4 is 5.91 Å². The minimum Gasteiger partial charge on any atom is -0.345 e. The number of aryl methyl sites for hydroxylation is 1. The van der Waals surface area contributed by atoms with Crippen LogP contribution in [0.3, 0.4) is 0 Å². The van der Waals surface area contributed by atoms with Crippen molar-refractivity contribution in [2.45, 2.75) is 19.3 Å². The van der Waals surface area contributed by atoms with Crippen LogP contribution in [-0.4, -0.2) is 34.4 Å². The maximum atomic E-state index is 11.3. The number of carbonyl (C=O) groups is 1. The molecule has 2 rings (SSSR count). The van der Waals surface area contributed by atoms with Crippen LogP contribution in [0, 0.1) is 6.92 Å². The van der Waals surface area contributed by atoms with Crippen LogP contribution in [0.1, 0.15) is 23.9 Å². The van der Waals surface area contributed by atoms with E-state index in [-0.39, 0.29) is 17.4 Å². The Kier molecular flexibility index (Phi) is 2.30. The Morgan fingerprint density at radius 3 is 2.80 bits per heavy atom. The van der Waals surface area contributed by atoms with Crippen molar-refractivity contribution in [2.24, 2.45) is 0 Å². The van der Waals surface area contributed by atoms with Gasteiger partial charge in [0.1, 0.15) is 5.82 Å². The molecule has 0 bridgehead atoms. The van der Waals surface area contributed by atoms with Gasteiger partial charge in [0, 0.05) is 32.0 Å². The SMILES string of the molecule is Cc1nc(C2CC(=O)N(C)C2)cc(=O)[nH]1. The van der Waals surface area contributed by atoms with Gasteiger partial charge in [-0.05, 0) is 6.92 Å². The molecule has 15 heavy (non-hydrogen) atoms. The first kappa shape index (κ1) is 9.89. The van der Waals surface area contributed by atoms with Crippen LogP contribution in [0.25, 0.3) is 0 Å². The number of likely N-dealkylation sites (N-methyl/N-ethyl adjacent to an activating group) is 1. The van der Waals surface area contributed by atoms with E-state index in [1.807, 2.05) is 0 Å². The van der Waals surface area contributed by atoms with Gasteiger partial charge < -0.3 is 9.88 Å². The summed E-state index contributed by atoms with van der Waals surface area (Å²) >= 11 is 0. The van der Waals surface area contributed by atoms with Crippen molar-refractivity contribution in [3.05, 3.63) is 27.9 Å². The largest absolute Gasteiger partial charge is 0.345 e. The fourth-order valence-electron chi connectivity index (χ4n) is 1.87. The number of hydrogen-bond donors (Lipinski definition) is 1. The minimum atomic E-state index is -0.153. The summed E-state index contributed by atoms with van der Waals surface area (Å²) in [6.45, 7) is 2.39. The van der Waals surface area contributed by atoms with Crippen molar-refractivity contribution in [3.63, 3.8) is 0 Å². The van der Waals surface area contributed by atoms with E-state index in [0.29, 0.717) is 24.5 Å². The third-order valence-electron chi connectivity index (χ3n) is 2.64. The molecule has 0 aromatic carbocycles.